The second kappa shape index (κ2) is 21.3. The molecule has 0 fully saturated rings. The zero-order valence-corrected chi connectivity index (χ0v) is 52.1. The molecule has 0 amide bonds. The maximum atomic E-state index is 13.5. The van der Waals surface area contributed by atoms with Gasteiger partial charge in [-0.05, 0) is 148 Å². The number of nitrogens with zero attached hydrogens (tertiary/aromatic N) is 9. The van der Waals surface area contributed by atoms with E-state index in [0.717, 1.165) is 171 Å². The maximum absolute atomic E-state index is 13.5. The first-order valence-electron chi connectivity index (χ1n) is 32.7. The van der Waals surface area contributed by atoms with Gasteiger partial charge in [0.25, 0.3) is 0 Å². The molecule has 97 heavy (non-hydrogen) atoms. The SMILES string of the molecule is N#Cc1c(-n2c3ccccc3c3ncccc32)c(-n2c3ccc(-c4ccccc4)cc3c3cc(-c4ccccc4)ccc32)c(-n2c3ccccc3c3ncccc32)c(-n2c3ccc(-c4ccccc4)cc3c3cc(-c4ccccc4)ccc32)c1-n1c2ccccc2c2ncccc21. The van der Waals surface area contributed by atoms with Gasteiger partial charge in [0.2, 0.25) is 0 Å². The lowest BCUT2D eigenvalue weighted by Crippen LogP contribution is -2.19. The summed E-state index contributed by atoms with van der Waals surface area (Å²) in [6.45, 7) is 0. The Morgan fingerprint density at radius 1 is 0.206 bits per heavy atom. The highest BCUT2D eigenvalue weighted by molar-refractivity contribution is 6.18. The second-order valence-corrected chi connectivity index (χ2v) is 25.0. The maximum Gasteiger partial charge on any atom is 0.105 e. The molecule has 20 rings (SSSR count). The van der Waals surface area contributed by atoms with Crippen LogP contribution in [0.15, 0.2) is 322 Å². The van der Waals surface area contributed by atoms with Crippen LogP contribution in [0.25, 0.3) is 182 Å². The van der Waals surface area contributed by atoms with E-state index < -0.39 is 0 Å². The van der Waals surface area contributed by atoms with Crippen molar-refractivity contribution < 1.29 is 0 Å². The minimum absolute atomic E-state index is 0.430. The van der Waals surface area contributed by atoms with Crippen LogP contribution in [0.5, 0.6) is 0 Å². The van der Waals surface area contributed by atoms with E-state index in [2.05, 4.69) is 314 Å². The van der Waals surface area contributed by atoms with Gasteiger partial charge in [0.1, 0.15) is 11.6 Å². The number of fused-ring (bicyclic) bond motifs is 15. The van der Waals surface area contributed by atoms with Gasteiger partial charge in [-0.15, -0.1) is 0 Å². The van der Waals surface area contributed by atoms with Crippen molar-refractivity contribution in [2.75, 3.05) is 0 Å². The van der Waals surface area contributed by atoms with Gasteiger partial charge in [-0.3, -0.25) is 15.0 Å². The molecule has 12 aromatic carbocycles. The molecule has 0 bridgehead atoms. The van der Waals surface area contributed by atoms with Gasteiger partial charge < -0.3 is 22.8 Å². The molecule has 9 nitrogen and oxygen atoms in total. The van der Waals surface area contributed by atoms with E-state index in [9.17, 15) is 5.26 Å². The van der Waals surface area contributed by atoms with E-state index in [4.69, 9.17) is 15.0 Å². The van der Waals surface area contributed by atoms with Crippen molar-refractivity contribution in [3.8, 4) is 79.0 Å². The summed E-state index contributed by atoms with van der Waals surface area (Å²) in [6, 6.07) is 112. The fraction of sp³-hybridized carbons (Fsp3) is 0. The summed E-state index contributed by atoms with van der Waals surface area (Å²) in [4.78, 5) is 15.8. The fourth-order valence-electron chi connectivity index (χ4n) is 15.7. The minimum Gasteiger partial charge on any atom is -0.305 e. The molecule has 0 atom stereocenters. The van der Waals surface area contributed by atoms with E-state index in [1.165, 1.54) is 0 Å². The van der Waals surface area contributed by atoms with Gasteiger partial charge >= 0.3 is 0 Å². The third kappa shape index (κ3) is 8.02. The molecular weight excluding hydrogens is 1180 g/mol. The summed E-state index contributed by atoms with van der Waals surface area (Å²) in [7, 11) is 0. The van der Waals surface area contributed by atoms with E-state index in [0.29, 0.717) is 16.9 Å². The number of benzene rings is 12. The monoisotopic (exact) mass is 1240 g/mol. The van der Waals surface area contributed by atoms with Crippen LogP contribution < -0.4 is 0 Å². The average Bonchev–Trinajstić information content (AvgIpc) is 1.57. The third-order valence-corrected chi connectivity index (χ3v) is 19.8. The van der Waals surface area contributed by atoms with Crippen LogP contribution in [0.2, 0.25) is 0 Å². The van der Waals surface area contributed by atoms with E-state index in [-0.39, 0.29) is 0 Å². The van der Waals surface area contributed by atoms with Crippen molar-refractivity contribution in [1.29, 1.82) is 5.26 Å². The molecule has 0 aliphatic heterocycles. The molecule has 0 N–H and O–H groups in total. The summed E-state index contributed by atoms with van der Waals surface area (Å²) < 4.78 is 12.1. The van der Waals surface area contributed by atoms with Crippen molar-refractivity contribution in [1.82, 2.24) is 37.8 Å². The fourth-order valence-corrected chi connectivity index (χ4v) is 15.7. The predicted octanol–water partition coefficient (Wildman–Crippen LogP) is 21.9. The van der Waals surface area contributed by atoms with Gasteiger partial charge in [-0.1, -0.05) is 200 Å². The number of hydrogen-bond donors (Lipinski definition) is 0. The Morgan fingerprint density at radius 2 is 0.443 bits per heavy atom. The molecule has 0 aliphatic rings. The first-order chi connectivity index (χ1) is 48.1. The summed E-state index contributed by atoms with van der Waals surface area (Å²) >= 11 is 0. The molecule has 450 valence electrons. The summed E-state index contributed by atoms with van der Waals surface area (Å²) in [5.74, 6) is 0. The van der Waals surface area contributed by atoms with Crippen molar-refractivity contribution in [2.45, 2.75) is 0 Å². The minimum atomic E-state index is 0.430. The predicted molar refractivity (Wildman–Crippen MR) is 398 cm³/mol. The highest BCUT2D eigenvalue weighted by Crippen LogP contribution is 2.52. The third-order valence-electron chi connectivity index (χ3n) is 19.8. The summed E-state index contributed by atoms with van der Waals surface area (Å²) in [5.41, 5.74) is 24.4. The van der Waals surface area contributed by atoms with Crippen LogP contribution in [-0.4, -0.2) is 37.8 Å². The Hall–Kier alpha value is -13.4. The van der Waals surface area contributed by atoms with Crippen LogP contribution in [-0.2, 0) is 0 Å². The molecular formula is C88H53N9. The Balaban J connectivity index is 1.10. The van der Waals surface area contributed by atoms with Crippen LogP contribution >= 0.6 is 0 Å². The molecule has 0 saturated heterocycles. The number of hydrogen-bond acceptors (Lipinski definition) is 4. The zero-order chi connectivity index (χ0) is 63.8. The number of aromatic nitrogens is 8. The van der Waals surface area contributed by atoms with Crippen LogP contribution in [0.3, 0.4) is 0 Å². The van der Waals surface area contributed by atoms with Crippen LogP contribution in [0.1, 0.15) is 5.56 Å². The van der Waals surface area contributed by atoms with Crippen molar-refractivity contribution in [3.63, 3.8) is 0 Å². The lowest BCUT2D eigenvalue weighted by atomic mass is 10.0. The van der Waals surface area contributed by atoms with Gasteiger partial charge in [0, 0.05) is 56.3 Å². The molecule has 0 radical (unpaired) electrons. The van der Waals surface area contributed by atoms with Crippen LogP contribution in [0.4, 0.5) is 0 Å². The van der Waals surface area contributed by atoms with Crippen molar-refractivity contribution in [3.05, 3.63) is 327 Å². The van der Waals surface area contributed by atoms with E-state index in [1.807, 2.05) is 36.8 Å². The normalized spacial score (nSPS) is 11.9. The lowest BCUT2D eigenvalue weighted by molar-refractivity contribution is 0.991. The number of para-hydroxylation sites is 3. The van der Waals surface area contributed by atoms with Gasteiger partial charge in [0.15, 0.2) is 0 Å². The first-order valence-corrected chi connectivity index (χ1v) is 32.7. The van der Waals surface area contributed by atoms with Crippen molar-refractivity contribution >= 4 is 109 Å². The summed E-state index contributed by atoms with van der Waals surface area (Å²) in [6.07, 6.45) is 5.64. The molecule has 8 heterocycles. The lowest BCUT2D eigenvalue weighted by Gasteiger charge is -2.30. The largest absolute Gasteiger partial charge is 0.305 e. The van der Waals surface area contributed by atoms with Crippen LogP contribution in [0, 0.1) is 11.3 Å². The Kier molecular flexibility index (Phi) is 11.9. The number of nitriles is 1. The molecule has 8 aromatic heterocycles. The van der Waals surface area contributed by atoms with E-state index >= 15 is 0 Å². The van der Waals surface area contributed by atoms with Gasteiger partial charge in [0.05, 0.1) is 100 Å². The van der Waals surface area contributed by atoms with Gasteiger partial charge in [-0.25, -0.2) is 0 Å². The highest BCUT2D eigenvalue weighted by atomic mass is 15.2. The highest BCUT2D eigenvalue weighted by Gasteiger charge is 2.37. The molecule has 20 aromatic rings. The Labute approximate surface area is 555 Å². The topological polar surface area (TPSA) is 87.1 Å². The molecule has 9 heteroatoms. The quantitative estimate of drug-likeness (QED) is 0.144. The zero-order valence-electron chi connectivity index (χ0n) is 52.1. The van der Waals surface area contributed by atoms with E-state index in [1.54, 1.807) is 0 Å². The second-order valence-electron chi connectivity index (χ2n) is 25.0. The first kappa shape index (κ1) is 54.2. The summed E-state index contributed by atoms with van der Waals surface area (Å²) in [5, 5.41) is 20.5. The molecule has 0 saturated carbocycles. The smallest absolute Gasteiger partial charge is 0.105 e. The molecule has 0 spiro atoms. The average molecular weight is 1240 g/mol. The number of pyridine rings is 3. The molecule has 0 aliphatic carbocycles. The van der Waals surface area contributed by atoms with Gasteiger partial charge in [-0.2, -0.15) is 5.26 Å². The van der Waals surface area contributed by atoms with Crippen molar-refractivity contribution in [2.24, 2.45) is 0 Å². The Morgan fingerprint density at radius 3 is 0.742 bits per heavy atom. The Bertz CT molecular complexity index is 5990. The standard InChI is InChI=1S/C88H53N9/c89-54-70-84(95-71-33-16-13-30-63(71)81-78(95)36-19-47-90-81)86(93-74-43-39-59(55-22-5-1-6-23-55)50-66(74)67-51-60(40-44-75(67)93)56-24-7-2-8-25-56)88(97-73-35-18-15-32-65(73)83-80(97)38-21-49-92-83)87(85(70)96-72-34-17-14-31-64(72)82-79(96)37-20-48-91-82)94-76-45-41-61(57-26-9-3-10-27-57)52-68(76)69-53-62(42-46-77(69)94)58-28-11-4-12-29-58/h1-53H. The number of rotatable bonds is 9. The molecule has 0 unspecified atom stereocenters.